The molecule has 1 aromatic carbocycles. The van der Waals surface area contributed by atoms with E-state index in [9.17, 15) is 5.11 Å². The van der Waals surface area contributed by atoms with Gasteiger partial charge in [-0.2, -0.15) is 0 Å². The van der Waals surface area contributed by atoms with Crippen molar-refractivity contribution in [2.24, 2.45) is 10.4 Å². The lowest BCUT2D eigenvalue weighted by Gasteiger charge is -2.25. The minimum absolute atomic E-state index is 0. The van der Waals surface area contributed by atoms with Gasteiger partial charge in [0.1, 0.15) is 23.5 Å². The molecule has 2 aliphatic rings. The molecule has 6 nitrogen and oxygen atoms in total. The lowest BCUT2D eigenvalue weighted by Crippen LogP contribution is -2.42. The van der Waals surface area contributed by atoms with E-state index in [0.29, 0.717) is 15.8 Å². The first-order chi connectivity index (χ1) is 13.0. The molecule has 0 radical (unpaired) electrons. The molecule has 1 aromatic rings. The fourth-order valence-corrected chi connectivity index (χ4v) is 3.89. The van der Waals surface area contributed by atoms with Crippen molar-refractivity contribution >= 4 is 53.1 Å². The minimum atomic E-state index is -0.736. The topological polar surface area (TPSA) is 66.3 Å². The number of hydrogen-bond acceptors (Lipinski definition) is 4. The molecule has 0 amide bonds. The lowest BCUT2D eigenvalue weighted by atomic mass is 9.87. The molecule has 3 rings (SSSR count). The number of aliphatic imine (C=N–C) groups is 1. The number of likely N-dealkylation sites (tertiary alicyclic amines) is 1. The van der Waals surface area contributed by atoms with E-state index in [2.05, 4.69) is 15.2 Å². The van der Waals surface area contributed by atoms with E-state index in [-0.39, 0.29) is 42.5 Å². The highest BCUT2D eigenvalue weighted by Crippen LogP contribution is 2.38. The number of benzene rings is 1. The fraction of sp³-hybridized carbons (Fsp3) is 0.632. The van der Waals surface area contributed by atoms with Gasteiger partial charge in [0.2, 0.25) is 0 Å². The highest BCUT2D eigenvalue weighted by molar-refractivity contribution is 14.0. The maximum Gasteiger partial charge on any atom is 0.194 e. The summed E-state index contributed by atoms with van der Waals surface area (Å²) in [6, 6.07) is 5.17. The van der Waals surface area contributed by atoms with Gasteiger partial charge < -0.3 is 24.8 Å². The van der Waals surface area contributed by atoms with Crippen LogP contribution >= 0.6 is 47.2 Å². The van der Waals surface area contributed by atoms with Gasteiger partial charge in [0.25, 0.3) is 0 Å². The monoisotopic (exact) mass is 543 g/mol. The predicted octanol–water partition coefficient (Wildman–Crippen LogP) is 3.43. The van der Waals surface area contributed by atoms with Gasteiger partial charge in [-0.05, 0) is 31.9 Å². The Balaban J connectivity index is 0.00000280. The van der Waals surface area contributed by atoms with Crippen molar-refractivity contribution in [2.75, 3.05) is 46.0 Å². The summed E-state index contributed by atoms with van der Waals surface area (Å²) in [5.74, 6) is 1.29. The predicted molar refractivity (Wildman–Crippen MR) is 123 cm³/mol. The molecule has 2 heterocycles. The first kappa shape index (κ1) is 23.8. The second-order valence-electron chi connectivity index (χ2n) is 7.19. The summed E-state index contributed by atoms with van der Waals surface area (Å²) in [5.41, 5.74) is 0.265. The fourth-order valence-electron chi connectivity index (χ4n) is 3.54. The van der Waals surface area contributed by atoms with E-state index >= 15 is 0 Å². The molecule has 2 atom stereocenters. The second-order valence-corrected chi connectivity index (χ2v) is 7.97. The van der Waals surface area contributed by atoms with Crippen LogP contribution < -0.4 is 10.1 Å². The lowest BCUT2D eigenvalue weighted by molar-refractivity contribution is 0.114. The average Bonchev–Trinajstić information content (AvgIpc) is 3.30. The Hall–Kier alpha value is -0.480. The largest absolute Gasteiger partial charge is 0.489 e. The summed E-state index contributed by atoms with van der Waals surface area (Å²) in [6.07, 6.45) is 1.50. The van der Waals surface area contributed by atoms with E-state index in [1.807, 2.05) is 6.92 Å². The summed E-state index contributed by atoms with van der Waals surface area (Å²) in [5, 5.41) is 14.4. The Labute approximate surface area is 193 Å². The number of nitrogens with one attached hydrogen (secondary N) is 1. The Bertz CT molecular complexity index is 672. The van der Waals surface area contributed by atoms with E-state index < -0.39 is 6.10 Å². The molecule has 9 heteroatoms. The zero-order valence-corrected chi connectivity index (χ0v) is 19.8. The second kappa shape index (κ2) is 11.1. The van der Waals surface area contributed by atoms with Crippen LogP contribution in [0.5, 0.6) is 5.75 Å². The Morgan fingerprint density at radius 1 is 1.43 bits per heavy atom. The van der Waals surface area contributed by atoms with Gasteiger partial charge in [0.05, 0.1) is 18.2 Å². The molecule has 2 aliphatic heterocycles. The maximum absolute atomic E-state index is 10.3. The third kappa shape index (κ3) is 6.01. The molecule has 2 N–H and O–H groups in total. The normalized spacial score (nSPS) is 23.0. The minimum Gasteiger partial charge on any atom is -0.489 e. The van der Waals surface area contributed by atoms with Crippen LogP contribution in [0.1, 0.15) is 19.8 Å². The van der Waals surface area contributed by atoms with Crippen LogP contribution in [0.25, 0.3) is 0 Å². The van der Waals surface area contributed by atoms with Gasteiger partial charge >= 0.3 is 0 Å². The van der Waals surface area contributed by atoms with Crippen LogP contribution in [0.15, 0.2) is 23.2 Å². The number of halogens is 3. The average molecular weight is 544 g/mol. The van der Waals surface area contributed by atoms with Crippen molar-refractivity contribution in [3.63, 3.8) is 0 Å². The summed E-state index contributed by atoms with van der Waals surface area (Å²) in [6.45, 7) is 6.76. The van der Waals surface area contributed by atoms with Crippen molar-refractivity contribution < 1.29 is 14.6 Å². The van der Waals surface area contributed by atoms with Crippen molar-refractivity contribution in [1.82, 2.24) is 10.2 Å². The number of aliphatic hydroxyl groups excluding tert-OH is 1. The molecular weight excluding hydrogens is 516 g/mol. The van der Waals surface area contributed by atoms with Crippen molar-refractivity contribution in [2.45, 2.75) is 25.9 Å². The number of rotatable bonds is 6. The molecule has 1 spiro atoms. The smallest absolute Gasteiger partial charge is 0.194 e. The summed E-state index contributed by atoms with van der Waals surface area (Å²) in [7, 11) is 0. The molecule has 0 aliphatic carbocycles. The Kier molecular flexibility index (Phi) is 9.40. The number of nitrogens with zero attached hydrogens (tertiary/aromatic N) is 2. The van der Waals surface area contributed by atoms with E-state index in [1.54, 1.807) is 18.2 Å². The Morgan fingerprint density at radius 2 is 2.25 bits per heavy atom. The molecule has 0 bridgehead atoms. The van der Waals surface area contributed by atoms with Crippen LogP contribution in [0, 0.1) is 5.41 Å². The van der Waals surface area contributed by atoms with Gasteiger partial charge in [0, 0.05) is 31.7 Å². The number of guanidine groups is 1. The third-order valence-corrected chi connectivity index (χ3v) is 5.86. The van der Waals surface area contributed by atoms with Gasteiger partial charge in [-0.25, -0.2) is 0 Å². The van der Waals surface area contributed by atoms with Crippen LogP contribution in [-0.2, 0) is 4.74 Å². The van der Waals surface area contributed by atoms with E-state index in [4.69, 9.17) is 32.7 Å². The Morgan fingerprint density at radius 3 is 2.96 bits per heavy atom. The maximum atomic E-state index is 10.3. The molecule has 0 saturated carbocycles. The summed E-state index contributed by atoms with van der Waals surface area (Å²) < 4.78 is 11.2. The van der Waals surface area contributed by atoms with Gasteiger partial charge in [-0.3, -0.25) is 4.99 Å². The van der Waals surface area contributed by atoms with Crippen LogP contribution in [0.2, 0.25) is 10.0 Å². The van der Waals surface area contributed by atoms with Crippen molar-refractivity contribution in [3.8, 4) is 5.75 Å². The highest BCUT2D eigenvalue weighted by atomic mass is 127. The number of aliphatic hydroxyl groups is 1. The molecular formula is C19H28Cl2IN3O3. The van der Waals surface area contributed by atoms with Crippen LogP contribution in [0.4, 0.5) is 0 Å². The van der Waals surface area contributed by atoms with Crippen molar-refractivity contribution in [3.05, 3.63) is 28.2 Å². The molecule has 0 aromatic heterocycles. The highest BCUT2D eigenvalue weighted by Gasteiger charge is 2.42. The quantitative estimate of drug-likeness (QED) is 0.327. The SMILES string of the molecule is CCNC(=NCC(O)COc1cccc(Cl)c1Cl)N1CCC2(CCOC2)C1.I. The first-order valence-electron chi connectivity index (χ1n) is 9.39. The van der Waals surface area contributed by atoms with E-state index in [1.165, 1.54) is 0 Å². The standard InChI is InChI=1S/C19H27Cl2N3O3.HI/c1-2-22-18(24-8-6-19(12-24)7-9-26-13-19)23-10-14(25)11-27-16-5-3-4-15(20)17(16)21;/h3-5,14,25H,2,6-13H2,1H3,(H,22,23);1H. The molecule has 2 saturated heterocycles. The number of hydrogen-bond donors (Lipinski definition) is 2. The van der Waals surface area contributed by atoms with Gasteiger partial charge in [0.15, 0.2) is 5.96 Å². The summed E-state index contributed by atoms with van der Waals surface area (Å²) >= 11 is 12.1. The zero-order chi connectivity index (χ0) is 19.3. The third-order valence-electron chi connectivity index (χ3n) is 5.06. The van der Waals surface area contributed by atoms with E-state index in [0.717, 1.165) is 51.6 Å². The van der Waals surface area contributed by atoms with Crippen LogP contribution in [0.3, 0.4) is 0 Å². The first-order valence-corrected chi connectivity index (χ1v) is 10.1. The van der Waals surface area contributed by atoms with Gasteiger partial charge in [-0.1, -0.05) is 29.3 Å². The molecule has 28 heavy (non-hydrogen) atoms. The van der Waals surface area contributed by atoms with Gasteiger partial charge in [-0.15, -0.1) is 24.0 Å². The van der Waals surface area contributed by atoms with Crippen molar-refractivity contribution in [1.29, 1.82) is 0 Å². The number of ether oxygens (including phenoxy) is 2. The zero-order valence-electron chi connectivity index (χ0n) is 16.0. The molecule has 158 valence electrons. The molecule has 2 unspecified atom stereocenters. The summed E-state index contributed by atoms with van der Waals surface area (Å²) in [4.78, 5) is 6.87. The molecule has 2 fully saturated rings. The van der Waals surface area contributed by atoms with Crippen LogP contribution in [-0.4, -0.2) is 68.1 Å².